The van der Waals surface area contributed by atoms with Crippen LogP contribution >= 0.6 is 0 Å². The second-order valence-corrected chi connectivity index (χ2v) is 18.0. The van der Waals surface area contributed by atoms with Crippen LogP contribution in [0.4, 0.5) is 0 Å². The molecule has 3 rings (SSSR count). The Labute approximate surface area is 147 Å². The Morgan fingerprint density at radius 3 is 1.23 bits per heavy atom. The Kier molecular flexibility index (Phi) is 6.23. The minimum absolute atomic E-state index is 0. The maximum atomic E-state index is 12.6. The Morgan fingerprint density at radius 2 is 1.09 bits per heavy atom. The zero-order chi connectivity index (χ0) is 15.8. The van der Waals surface area contributed by atoms with E-state index in [1.165, 1.54) is 21.5 Å². The van der Waals surface area contributed by atoms with Gasteiger partial charge in [-0.05, 0) is 34.4 Å². The van der Waals surface area contributed by atoms with Gasteiger partial charge in [-0.25, -0.2) is 0 Å². The van der Waals surface area contributed by atoms with Crippen LogP contribution in [-0.4, -0.2) is 21.9 Å². The maximum absolute atomic E-state index is 12.6. The molecule has 0 aliphatic heterocycles. The molecule has 0 bridgehead atoms. The van der Waals surface area contributed by atoms with Crippen molar-refractivity contribution in [2.24, 2.45) is 0 Å². The van der Waals surface area contributed by atoms with Gasteiger partial charge in [0.15, 0.2) is 5.78 Å². The average molecular weight is 375 g/mol. The Morgan fingerprint density at radius 1 is 0.727 bits per heavy atom. The Hall–Kier alpha value is -0.430. The summed E-state index contributed by atoms with van der Waals surface area (Å²) in [5.41, 5.74) is 2.92. The van der Waals surface area contributed by atoms with Gasteiger partial charge in [-0.15, -0.1) is 0 Å². The third kappa shape index (κ3) is 3.91. The maximum Gasteiger partial charge on any atom is 0.177 e. The molecule has 0 aromatic heterocycles. The first-order chi connectivity index (χ1) is 9.64. The molecule has 0 aromatic carbocycles. The van der Waals surface area contributed by atoms with Gasteiger partial charge < -0.3 is 0 Å². The molecule has 3 aliphatic rings. The topological polar surface area (TPSA) is 17.1 Å². The van der Waals surface area contributed by atoms with Crippen molar-refractivity contribution in [1.82, 2.24) is 0 Å². The van der Waals surface area contributed by atoms with E-state index < -0.39 is 16.1 Å². The van der Waals surface area contributed by atoms with Gasteiger partial charge >= 0.3 is 0 Å². The molecule has 0 atom stereocenters. The summed E-state index contributed by atoms with van der Waals surface area (Å²) in [6.45, 7) is 13.8. The number of hydrogen-bond acceptors (Lipinski definition) is 1. The number of Topliss-reactive ketones (excluding diaryl/α,β-unsaturated/α-hetero) is 1. The van der Waals surface area contributed by atoms with E-state index in [9.17, 15) is 4.79 Å². The minimum atomic E-state index is -1.45. The number of fused-ring (bicyclic) bond motifs is 1. The molecular formula is C18H27CoOSi2. The molecule has 0 aromatic rings. The standard InChI is InChI=1S/C13H22OSi2.C5H5.Co/c1-15(2,3)12-9-7-8-10(9)13(11(12)14)16(4,5)6;1-2-4-5-3-1;/h7-8H2,1-6H3;1-5H;. The molecule has 1 nitrogen and oxygen atoms in total. The molecular weight excluding hydrogens is 347 g/mol. The number of rotatable bonds is 2. The predicted octanol–water partition coefficient (Wildman–Crippen LogP) is 5.03. The van der Waals surface area contributed by atoms with Gasteiger partial charge in [0, 0.05) is 23.2 Å². The van der Waals surface area contributed by atoms with Gasteiger partial charge in [0.05, 0.1) is 16.1 Å². The van der Waals surface area contributed by atoms with Crippen LogP contribution in [0.1, 0.15) is 12.8 Å². The quantitative estimate of drug-likeness (QED) is 0.620. The normalized spacial score (nSPS) is 19.6. The fourth-order valence-electron chi connectivity index (χ4n) is 3.23. The van der Waals surface area contributed by atoms with Crippen molar-refractivity contribution in [2.45, 2.75) is 52.1 Å². The molecule has 0 saturated heterocycles. The fourth-order valence-corrected chi connectivity index (χ4v) is 7.33. The van der Waals surface area contributed by atoms with Crippen LogP contribution in [-0.2, 0) is 21.6 Å². The molecule has 22 heavy (non-hydrogen) atoms. The van der Waals surface area contributed by atoms with Crippen molar-refractivity contribution in [1.29, 1.82) is 0 Å². The average Bonchev–Trinajstić information content (AvgIpc) is 2.90. The van der Waals surface area contributed by atoms with Crippen LogP contribution in [0.2, 0.25) is 39.3 Å². The van der Waals surface area contributed by atoms with Crippen LogP contribution in [0.3, 0.4) is 0 Å². The molecule has 1 saturated carbocycles. The van der Waals surface area contributed by atoms with Gasteiger partial charge in [0.2, 0.25) is 0 Å². The van der Waals surface area contributed by atoms with E-state index in [2.05, 4.69) is 39.3 Å². The number of ketones is 1. The molecule has 0 N–H and O–H groups in total. The van der Waals surface area contributed by atoms with E-state index in [1.54, 1.807) is 0 Å². The summed E-state index contributed by atoms with van der Waals surface area (Å²) in [4.78, 5) is 12.6. The molecule has 1 fully saturated rings. The predicted molar refractivity (Wildman–Crippen MR) is 97.6 cm³/mol. The number of hydrogen-bond donors (Lipinski definition) is 0. The summed E-state index contributed by atoms with van der Waals surface area (Å²) >= 11 is 0. The van der Waals surface area contributed by atoms with Crippen LogP contribution in [0.25, 0.3) is 0 Å². The van der Waals surface area contributed by atoms with Crippen molar-refractivity contribution in [3.05, 3.63) is 52.3 Å². The molecule has 4 heteroatoms. The largest absolute Gasteiger partial charge is 0.290 e. The monoisotopic (exact) mass is 374 g/mol. The summed E-state index contributed by atoms with van der Waals surface area (Å²) in [7, 11) is -2.90. The number of carbonyl (C=O) groups is 1. The molecule has 0 heterocycles. The van der Waals surface area contributed by atoms with Crippen molar-refractivity contribution < 1.29 is 21.6 Å². The Balaban J connectivity index is 0.000000344. The second kappa shape index (κ2) is 6.99. The van der Waals surface area contributed by atoms with E-state index in [0.29, 0.717) is 5.78 Å². The van der Waals surface area contributed by atoms with Crippen molar-refractivity contribution in [3.8, 4) is 0 Å². The van der Waals surface area contributed by atoms with Gasteiger partial charge in [-0.3, -0.25) is 4.79 Å². The van der Waals surface area contributed by atoms with Crippen LogP contribution in [0.15, 0.2) is 45.8 Å². The SMILES string of the molecule is C[Si](C)(C)C1=C2CCC2=C([Si](C)(C)C)C1=O.[CH]1C=CC=C1.[Co]. The van der Waals surface area contributed by atoms with Crippen LogP contribution < -0.4 is 0 Å². The zero-order valence-corrected chi connectivity index (χ0v) is 17.6. The first-order valence-corrected chi connectivity index (χ1v) is 14.8. The van der Waals surface area contributed by atoms with E-state index in [1.807, 2.05) is 30.7 Å². The molecule has 2 radical (unpaired) electrons. The second-order valence-electron chi connectivity index (χ2n) is 8.00. The smallest absolute Gasteiger partial charge is 0.177 e. The fraction of sp³-hybridized carbons (Fsp3) is 0.444. The third-order valence-electron chi connectivity index (χ3n) is 4.10. The molecule has 0 spiro atoms. The molecule has 0 amide bonds. The zero-order valence-electron chi connectivity index (χ0n) is 14.5. The number of carbonyl (C=O) groups excluding carboxylic acids is 1. The molecule has 3 aliphatic carbocycles. The summed E-state index contributed by atoms with van der Waals surface area (Å²) < 4.78 is 0. The van der Waals surface area contributed by atoms with E-state index in [4.69, 9.17) is 0 Å². The van der Waals surface area contributed by atoms with Crippen molar-refractivity contribution >= 4 is 21.9 Å². The van der Waals surface area contributed by atoms with E-state index >= 15 is 0 Å². The van der Waals surface area contributed by atoms with Gasteiger partial charge in [-0.2, -0.15) is 0 Å². The van der Waals surface area contributed by atoms with Gasteiger partial charge in [-0.1, -0.05) is 63.6 Å². The van der Waals surface area contributed by atoms with E-state index in [0.717, 1.165) is 12.8 Å². The van der Waals surface area contributed by atoms with Crippen LogP contribution in [0, 0.1) is 6.42 Å². The Bertz CT molecular complexity index is 531. The molecule has 122 valence electrons. The van der Waals surface area contributed by atoms with Crippen molar-refractivity contribution in [2.75, 3.05) is 0 Å². The minimum Gasteiger partial charge on any atom is -0.290 e. The summed E-state index contributed by atoms with van der Waals surface area (Å²) in [5, 5.41) is 2.51. The molecule has 0 unspecified atom stereocenters. The van der Waals surface area contributed by atoms with Gasteiger partial charge in [0.1, 0.15) is 0 Å². The summed E-state index contributed by atoms with van der Waals surface area (Å²) in [5.74, 6) is 0.445. The van der Waals surface area contributed by atoms with E-state index in [-0.39, 0.29) is 16.8 Å². The van der Waals surface area contributed by atoms with Crippen molar-refractivity contribution in [3.63, 3.8) is 0 Å². The first kappa shape index (κ1) is 19.6. The number of allylic oxidation sites excluding steroid dienone is 8. The first-order valence-electron chi connectivity index (χ1n) is 7.83. The summed E-state index contributed by atoms with van der Waals surface area (Å²) in [6.07, 6.45) is 12.3. The summed E-state index contributed by atoms with van der Waals surface area (Å²) in [6, 6.07) is 0. The third-order valence-corrected chi connectivity index (χ3v) is 8.16. The van der Waals surface area contributed by atoms with Crippen LogP contribution in [0.5, 0.6) is 0 Å². The van der Waals surface area contributed by atoms with Gasteiger partial charge in [0.25, 0.3) is 0 Å².